The summed E-state index contributed by atoms with van der Waals surface area (Å²) in [5, 5.41) is 20.3. The summed E-state index contributed by atoms with van der Waals surface area (Å²) in [5.41, 5.74) is 2.96. The van der Waals surface area contributed by atoms with Crippen LogP contribution in [0.2, 0.25) is 0 Å². The van der Waals surface area contributed by atoms with Gasteiger partial charge in [-0.1, -0.05) is 11.8 Å². The Morgan fingerprint density at radius 1 is 1.55 bits per heavy atom. The molecule has 0 aromatic carbocycles. The molecule has 0 aliphatic heterocycles. The number of amides is 1. The number of H-pyrrole nitrogens is 1. The summed E-state index contributed by atoms with van der Waals surface area (Å²) in [6.07, 6.45) is 0.400. The molecule has 1 amide bonds. The second-order valence-electron chi connectivity index (χ2n) is 4.20. The molecule has 5 nitrogen and oxygen atoms in total. The van der Waals surface area contributed by atoms with Crippen LogP contribution in [-0.2, 0) is 0 Å². The van der Waals surface area contributed by atoms with Gasteiger partial charge in [0.2, 0.25) is 0 Å². The highest BCUT2D eigenvalue weighted by Gasteiger charge is 2.15. The van der Waals surface area contributed by atoms with Crippen LogP contribution in [0.3, 0.4) is 0 Å². The summed E-state index contributed by atoms with van der Waals surface area (Å²) in [6.45, 7) is 3.70. The SMILES string of the molecule is Cc1n[nH]c(C)c1NC(=O)c1sccc1C#CCCO. The van der Waals surface area contributed by atoms with E-state index in [9.17, 15) is 4.79 Å². The highest BCUT2D eigenvalue weighted by Crippen LogP contribution is 2.21. The van der Waals surface area contributed by atoms with Crippen LogP contribution in [0.15, 0.2) is 11.4 Å². The first-order chi connectivity index (χ1) is 9.63. The van der Waals surface area contributed by atoms with E-state index in [1.54, 1.807) is 6.07 Å². The van der Waals surface area contributed by atoms with E-state index in [1.807, 2.05) is 19.2 Å². The molecule has 2 aromatic rings. The molecule has 0 aliphatic rings. The molecular weight excluding hydrogens is 274 g/mol. The van der Waals surface area contributed by atoms with Crippen LogP contribution < -0.4 is 5.32 Å². The number of thiophene rings is 1. The molecule has 0 atom stereocenters. The van der Waals surface area contributed by atoms with Gasteiger partial charge in [0.05, 0.1) is 23.7 Å². The Kier molecular flexibility index (Phi) is 4.56. The molecule has 0 saturated heterocycles. The van der Waals surface area contributed by atoms with E-state index in [0.29, 0.717) is 22.5 Å². The lowest BCUT2D eigenvalue weighted by atomic mass is 10.2. The van der Waals surface area contributed by atoms with Gasteiger partial charge in [-0.15, -0.1) is 11.3 Å². The second-order valence-corrected chi connectivity index (χ2v) is 5.12. The molecule has 0 unspecified atom stereocenters. The number of carbonyl (C=O) groups excluding carboxylic acids is 1. The molecular formula is C14H15N3O2S. The number of aliphatic hydroxyl groups is 1. The number of carbonyl (C=O) groups is 1. The first kappa shape index (κ1) is 14.3. The third-order valence-corrected chi connectivity index (χ3v) is 3.61. The van der Waals surface area contributed by atoms with E-state index in [-0.39, 0.29) is 12.5 Å². The van der Waals surface area contributed by atoms with Crippen LogP contribution >= 0.6 is 11.3 Å². The van der Waals surface area contributed by atoms with Crippen molar-refractivity contribution in [3.63, 3.8) is 0 Å². The van der Waals surface area contributed by atoms with Crippen molar-refractivity contribution < 1.29 is 9.90 Å². The third kappa shape index (κ3) is 3.07. The maximum atomic E-state index is 12.3. The van der Waals surface area contributed by atoms with Gasteiger partial charge in [-0.25, -0.2) is 0 Å². The van der Waals surface area contributed by atoms with Gasteiger partial charge in [-0.3, -0.25) is 9.89 Å². The van der Waals surface area contributed by atoms with E-state index in [4.69, 9.17) is 5.11 Å². The number of hydrogen-bond donors (Lipinski definition) is 3. The highest BCUT2D eigenvalue weighted by molar-refractivity contribution is 7.12. The average molecular weight is 289 g/mol. The highest BCUT2D eigenvalue weighted by atomic mass is 32.1. The first-order valence-corrected chi connectivity index (χ1v) is 7.01. The van der Waals surface area contributed by atoms with Crippen LogP contribution in [0.25, 0.3) is 0 Å². The molecule has 2 rings (SSSR count). The lowest BCUT2D eigenvalue weighted by molar-refractivity contribution is 0.103. The Bertz CT molecular complexity index is 657. The van der Waals surface area contributed by atoms with Crippen LogP contribution in [-0.4, -0.2) is 27.8 Å². The van der Waals surface area contributed by atoms with Crippen LogP contribution in [0.1, 0.15) is 33.0 Å². The van der Waals surface area contributed by atoms with Crippen molar-refractivity contribution in [1.82, 2.24) is 10.2 Å². The van der Waals surface area contributed by atoms with Gasteiger partial charge in [0.15, 0.2) is 0 Å². The van der Waals surface area contributed by atoms with Crippen molar-refractivity contribution in [1.29, 1.82) is 0 Å². The van der Waals surface area contributed by atoms with E-state index in [2.05, 4.69) is 27.4 Å². The fourth-order valence-corrected chi connectivity index (χ4v) is 2.45. The number of aromatic amines is 1. The topological polar surface area (TPSA) is 78.0 Å². The molecule has 20 heavy (non-hydrogen) atoms. The number of aromatic nitrogens is 2. The lowest BCUT2D eigenvalue weighted by Gasteiger charge is -2.03. The molecule has 0 spiro atoms. The van der Waals surface area contributed by atoms with Gasteiger partial charge in [0, 0.05) is 12.0 Å². The zero-order valence-corrected chi connectivity index (χ0v) is 12.1. The summed E-state index contributed by atoms with van der Waals surface area (Å²) < 4.78 is 0. The number of nitrogens with one attached hydrogen (secondary N) is 2. The second kappa shape index (κ2) is 6.37. The fraction of sp³-hybridized carbons (Fsp3) is 0.286. The Balaban J connectivity index is 2.19. The van der Waals surface area contributed by atoms with Crippen molar-refractivity contribution in [2.24, 2.45) is 0 Å². The standard InChI is InChI=1S/C14H15N3O2S/c1-9-12(10(2)17-16-9)15-14(19)13-11(6-8-20-13)5-3-4-7-18/h6,8,18H,4,7H2,1-2H3,(H,15,19)(H,16,17). The summed E-state index contributed by atoms with van der Waals surface area (Å²) in [4.78, 5) is 12.8. The molecule has 2 aromatic heterocycles. The number of aryl methyl sites for hydroxylation is 2. The zero-order valence-electron chi connectivity index (χ0n) is 11.3. The molecule has 0 radical (unpaired) electrons. The smallest absolute Gasteiger partial charge is 0.267 e. The number of aliphatic hydroxyl groups excluding tert-OH is 1. The van der Waals surface area contributed by atoms with Gasteiger partial charge in [0.25, 0.3) is 5.91 Å². The fourth-order valence-electron chi connectivity index (χ4n) is 1.70. The van der Waals surface area contributed by atoms with Gasteiger partial charge < -0.3 is 10.4 Å². The van der Waals surface area contributed by atoms with E-state index in [1.165, 1.54) is 11.3 Å². The molecule has 104 valence electrons. The van der Waals surface area contributed by atoms with Gasteiger partial charge in [0.1, 0.15) is 4.88 Å². The lowest BCUT2D eigenvalue weighted by Crippen LogP contribution is -2.12. The van der Waals surface area contributed by atoms with Gasteiger partial charge >= 0.3 is 0 Å². The Hall–Kier alpha value is -2.10. The van der Waals surface area contributed by atoms with Crippen molar-refractivity contribution in [2.75, 3.05) is 11.9 Å². The molecule has 3 N–H and O–H groups in total. The minimum absolute atomic E-state index is 0.0199. The maximum Gasteiger partial charge on any atom is 0.267 e. The van der Waals surface area contributed by atoms with Crippen LogP contribution in [0, 0.1) is 25.7 Å². The van der Waals surface area contributed by atoms with E-state index in [0.717, 1.165) is 11.4 Å². The quantitative estimate of drug-likeness (QED) is 0.757. The third-order valence-electron chi connectivity index (χ3n) is 2.70. The molecule has 0 aliphatic carbocycles. The predicted molar refractivity (Wildman–Crippen MR) is 78.9 cm³/mol. The molecule has 0 bridgehead atoms. The number of nitrogens with zero attached hydrogens (tertiary/aromatic N) is 1. The molecule has 0 fully saturated rings. The molecule has 6 heteroatoms. The molecule has 0 saturated carbocycles. The normalized spacial score (nSPS) is 9.95. The minimum atomic E-state index is -0.194. The van der Waals surface area contributed by atoms with Gasteiger partial charge in [-0.2, -0.15) is 5.10 Å². The summed E-state index contributed by atoms with van der Waals surface area (Å²) in [6, 6.07) is 1.80. The summed E-state index contributed by atoms with van der Waals surface area (Å²) in [5.74, 6) is 5.53. The monoisotopic (exact) mass is 289 g/mol. The number of hydrogen-bond acceptors (Lipinski definition) is 4. The van der Waals surface area contributed by atoms with Gasteiger partial charge in [-0.05, 0) is 25.3 Å². The maximum absolute atomic E-state index is 12.3. The van der Waals surface area contributed by atoms with E-state index < -0.39 is 0 Å². The summed E-state index contributed by atoms with van der Waals surface area (Å²) >= 11 is 1.34. The van der Waals surface area contributed by atoms with Crippen molar-refractivity contribution >= 4 is 22.9 Å². The summed E-state index contributed by atoms with van der Waals surface area (Å²) in [7, 11) is 0. The zero-order chi connectivity index (χ0) is 14.5. The van der Waals surface area contributed by atoms with Crippen molar-refractivity contribution in [3.8, 4) is 11.8 Å². The Morgan fingerprint density at radius 3 is 3.00 bits per heavy atom. The van der Waals surface area contributed by atoms with Crippen molar-refractivity contribution in [2.45, 2.75) is 20.3 Å². The number of anilines is 1. The Morgan fingerprint density at radius 2 is 2.35 bits per heavy atom. The minimum Gasteiger partial charge on any atom is -0.395 e. The van der Waals surface area contributed by atoms with E-state index >= 15 is 0 Å². The Labute approximate surface area is 121 Å². The van der Waals surface area contributed by atoms with Crippen molar-refractivity contribution in [3.05, 3.63) is 33.3 Å². The van der Waals surface area contributed by atoms with Crippen LogP contribution in [0.5, 0.6) is 0 Å². The average Bonchev–Trinajstić information content (AvgIpc) is 3.01. The largest absolute Gasteiger partial charge is 0.395 e. The predicted octanol–water partition coefficient (Wildman–Crippen LogP) is 2.07. The first-order valence-electron chi connectivity index (χ1n) is 6.13. The van der Waals surface area contributed by atoms with Crippen LogP contribution in [0.4, 0.5) is 5.69 Å². The number of rotatable bonds is 3. The molecule has 2 heterocycles.